The SMILES string of the molecule is COc1cccc(C2CCN(C(=O)CSc3ccncc3)C2)c1OC. The molecule has 1 saturated heterocycles. The van der Waals surface area contributed by atoms with Crippen molar-refractivity contribution in [2.75, 3.05) is 33.1 Å². The number of pyridine rings is 1. The van der Waals surface area contributed by atoms with E-state index in [2.05, 4.69) is 11.1 Å². The minimum Gasteiger partial charge on any atom is -0.493 e. The molecule has 1 amide bonds. The van der Waals surface area contributed by atoms with Crippen LogP contribution in [0.5, 0.6) is 11.5 Å². The van der Waals surface area contributed by atoms with Gasteiger partial charge in [0.15, 0.2) is 11.5 Å². The molecule has 1 atom stereocenters. The fraction of sp³-hybridized carbons (Fsp3) is 0.368. The first-order valence-electron chi connectivity index (χ1n) is 8.24. The van der Waals surface area contributed by atoms with Crippen LogP contribution in [0.3, 0.4) is 0 Å². The van der Waals surface area contributed by atoms with Gasteiger partial charge in [0, 0.05) is 41.9 Å². The predicted octanol–water partition coefficient (Wildman–Crippen LogP) is 3.21. The molecule has 1 aromatic heterocycles. The second kappa shape index (κ2) is 8.25. The Morgan fingerprint density at radius 2 is 2.04 bits per heavy atom. The number of methoxy groups -OCH3 is 2. The second-order valence-corrected chi connectivity index (χ2v) is 6.93. The van der Waals surface area contributed by atoms with Crippen LogP contribution in [0, 0.1) is 0 Å². The van der Waals surface area contributed by atoms with Gasteiger partial charge in [-0.25, -0.2) is 0 Å². The van der Waals surface area contributed by atoms with E-state index >= 15 is 0 Å². The number of carbonyl (C=O) groups excluding carboxylic acids is 1. The molecule has 0 spiro atoms. The van der Waals surface area contributed by atoms with E-state index in [0.717, 1.165) is 41.5 Å². The van der Waals surface area contributed by atoms with Gasteiger partial charge in [-0.1, -0.05) is 12.1 Å². The minimum atomic E-state index is 0.172. The molecule has 0 N–H and O–H groups in total. The van der Waals surface area contributed by atoms with Gasteiger partial charge in [-0.2, -0.15) is 0 Å². The first-order valence-corrected chi connectivity index (χ1v) is 9.23. The molecule has 1 aromatic carbocycles. The van der Waals surface area contributed by atoms with E-state index < -0.39 is 0 Å². The standard InChI is InChI=1S/C19H22N2O3S/c1-23-17-5-3-4-16(19(17)24-2)14-8-11-21(12-14)18(22)13-25-15-6-9-20-10-7-15/h3-7,9-10,14H,8,11-13H2,1-2H3. The number of aromatic nitrogens is 1. The van der Waals surface area contributed by atoms with Gasteiger partial charge in [0.25, 0.3) is 0 Å². The van der Waals surface area contributed by atoms with Crippen molar-refractivity contribution in [3.05, 3.63) is 48.3 Å². The Bertz CT molecular complexity index is 724. The highest BCUT2D eigenvalue weighted by molar-refractivity contribution is 8.00. The van der Waals surface area contributed by atoms with Crippen LogP contribution in [0.25, 0.3) is 0 Å². The van der Waals surface area contributed by atoms with E-state index in [1.54, 1.807) is 38.4 Å². The van der Waals surface area contributed by atoms with Crippen LogP contribution < -0.4 is 9.47 Å². The van der Waals surface area contributed by atoms with Crippen LogP contribution in [-0.4, -0.2) is 48.9 Å². The zero-order valence-electron chi connectivity index (χ0n) is 14.5. The monoisotopic (exact) mass is 358 g/mol. The fourth-order valence-electron chi connectivity index (χ4n) is 3.14. The molecule has 0 saturated carbocycles. The Morgan fingerprint density at radius 1 is 1.24 bits per heavy atom. The summed E-state index contributed by atoms with van der Waals surface area (Å²) in [6, 6.07) is 9.77. The van der Waals surface area contributed by atoms with E-state index in [9.17, 15) is 4.79 Å². The average molecular weight is 358 g/mol. The van der Waals surface area contributed by atoms with E-state index in [4.69, 9.17) is 9.47 Å². The van der Waals surface area contributed by atoms with E-state index in [1.807, 2.05) is 29.2 Å². The molecule has 6 heteroatoms. The molecule has 1 unspecified atom stereocenters. The molecule has 0 bridgehead atoms. The van der Waals surface area contributed by atoms with Crippen LogP contribution in [0.15, 0.2) is 47.6 Å². The Morgan fingerprint density at radius 3 is 2.76 bits per heavy atom. The Kier molecular flexibility index (Phi) is 5.81. The number of para-hydroxylation sites is 1. The first kappa shape index (κ1) is 17.6. The molecular formula is C19H22N2O3S. The molecular weight excluding hydrogens is 336 g/mol. The second-order valence-electron chi connectivity index (χ2n) is 5.88. The summed E-state index contributed by atoms with van der Waals surface area (Å²) < 4.78 is 10.9. The number of hydrogen-bond acceptors (Lipinski definition) is 5. The zero-order chi connectivity index (χ0) is 17.6. The molecule has 1 aliphatic rings. The molecule has 2 heterocycles. The van der Waals surface area contributed by atoms with E-state index in [1.165, 1.54) is 0 Å². The maximum Gasteiger partial charge on any atom is 0.232 e. The molecule has 3 rings (SSSR count). The molecule has 1 fully saturated rings. The van der Waals surface area contributed by atoms with Crippen LogP contribution in [0.1, 0.15) is 17.9 Å². The largest absolute Gasteiger partial charge is 0.493 e. The Labute approximate surface area is 152 Å². The van der Waals surface area contributed by atoms with Gasteiger partial charge in [0.2, 0.25) is 5.91 Å². The number of nitrogens with zero attached hydrogens (tertiary/aromatic N) is 2. The van der Waals surface area contributed by atoms with Crippen molar-refractivity contribution < 1.29 is 14.3 Å². The summed E-state index contributed by atoms with van der Waals surface area (Å²) in [7, 11) is 3.30. The van der Waals surface area contributed by atoms with Gasteiger partial charge < -0.3 is 14.4 Å². The summed E-state index contributed by atoms with van der Waals surface area (Å²) >= 11 is 1.55. The van der Waals surface area contributed by atoms with Gasteiger partial charge in [0.1, 0.15) is 0 Å². The first-order chi connectivity index (χ1) is 12.2. The van der Waals surface area contributed by atoms with Gasteiger partial charge in [-0.3, -0.25) is 9.78 Å². The number of thioether (sulfide) groups is 1. The highest BCUT2D eigenvalue weighted by atomic mass is 32.2. The molecule has 5 nitrogen and oxygen atoms in total. The number of amides is 1. The predicted molar refractivity (Wildman–Crippen MR) is 98.4 cm³/mol. The molecule has 0 radical (unpaired) electrons. The Balaban J connectivity index is 1.63. The summed E-state index contributed by atoms with van der Waals surface area (Å²) in [5.41, 5.74) is 1.11. The maximum atomic E-state index is 12.5. The topological polar surface area (TPSA) is 51.7 Å². The van der Waals surface area contributed by atoms with Crippen molar-refractivity contribution in [3.63, 3.8) is 0 Å². The highest BCUT2D eigenvalue weighted by Crippen LogP contribution is 2.39. The summed E-state index contributed by atoms with van der Waals surface area (Å²) in [5.74, 6) is 2.41. The number of rotatable bonds is 6. The summed E-state index contributed by atoms with van der Waals surface area (Å²) in [6.07, 6.45) is 4.43. The lowest BCUT2D eigenvalue weighted by atomic mass is 9.97. The average Bonchev–Trinajstić information content (AvgIpc) is 3.16. The van der Waals surface area contributed by atoms with Crippen LogP contribution in [0.2, 0.25) is 0 Å². The fourth-order valence-corrected chi connectivity index (χ4v) is 3.93. The zero-order valence-corrected chi connectivity index (χ0v) is 15.3. The van der Waals surface area contributed by atoms with Crippen LogP contribution >= 0.6 is 11.8 Å². The Hall–Kier alpha value is -2.21. The molecule has 25 heavy (non-hydrogen) atoms. The smallest absolute Gasteiger partial charge is 0.232 e. The van der Waals surface area contributed by atoms with Crippen molar-refractivity contribution in [1.29, 1.82) is 0 Å². The van der Waals surface area contributed by atoms with E-state index in [-0.39, 0.29) is 11.8 Å². The van der Waals surface area contributed by atoms with Gasteiger partial charge in [0.05, 0.1) is 20.0 Å². The van der Waals surface area contributed by atoms with Crippen LogP contribution in [-0.2, 0) is 4.79 Å². The van der Waals surface area contributed by atoms with E-state index in [0.29, 0.717) is 5.75 Å². The van der Waals surface area contributed by atoms with Gasteiger partial charge >= 0.3 is 0 Å². The number of hydrogen-bond donors (Lipinski definition) is 0. The number of benzene rings is 1. The number of likely N-dealkylation sites (tertiary alicyclic amines) is 1. The van der Waals surface area contributed by atoms with Crippen molar-refractivity contribution in [1.82, 2.24) is 9.88 Å². The molecule has 1 aliphatic heterocycles. The maximum absolute atomic E-state index is 12.5. The van der Waals surface area contributed by atoms with Crippen molar-refractivity contribution in [3.8, 4) is 11.5 Å². The van der Waals surface area contributed by atoms with Gasteiger partial charge in [-0.15, -0.1) is 11.8 Å². The molecule has 0 aliphatic carbocycles. The summed E-state index contributed by atoms with van der Waals surface area (Å²) in [4.78, 5) is 19.5. The van der Waals surface area contributed by atoms with Crippen molar-refractivity contribution >= 4 is 17.7 Å². The number of ether oxygens (including phenoxy) is 2. The minimum absolute atomic E-state index is 0.172. The summed E-state index contributed by atoms with van der Waals surface area (Å²) in [5, 5.41) is 0. The lowest BCUT2D eigenvalue weighted by Gasteiger charge is -2.19. The third-order valence-electron chi connectivity index (χ3n) is 4.43. The van der Waals surface area contributed by atoms with Gasteiger partial charge in [-0.05, 0) is 24.6 Å². The van der Waals surface area contributed by atoms with Crippen molar-refractivity contribution in [2.24, 2.45) is 0 Å². The molecule has 2 aromatic rings. The summed E-state index contributed by atoms with van der Waals surface area (Å²) in [6.45, 7) is 1.50. The quantitative estimate of drug-likeness (QED) is 0.742. The number of carbonyl (C=O) groups is 1. The van der Waals surface area contributed by atoms with Crippen molar-refractivity contribution in [2.45, 2.75) is 17.2 Å². The van der Waals surface area contributed by atoms with Crippen LogP contribution in [0.4, 0.5) is 0 Å². The lowest BCUT2D eigenvalue weighted by Crippen LogP contribution is -2.30. The molecule has 132 valence electrons. The normalized spacial score (nSPS) is 16.7. The third-order valence-corrected chi connectivity index (χ3v) is 5.42. The highest BCUT2D eigenvalue weighted by Gasteiger charge is 2.29. The lowest BCUT2D eigenvalue weighted by molar-refractivity contribution is -0.127. The third kappa shape index (κ3) is 4.07.